The van der Waals surface area contributed by atoms with E-state index in [1.165, 1.54) is 55.6 Å². The Morgan fingerprint density at radius 2 is 0.818 bits per heavy atom. The summed E-state index contributed by atoms with van der Waals surface area (Å²) in [5, 5.41) is 0.177. The lowest BCUT2D eigenvalue weighted by molar-refractivity contribution is 0.794. The first-order valence-electron chi connectivity index (χ1n) is 14.7. The third kappa shape index (κ3) is 3.54. The van der Waals surface area contributed by atoms with Crippen molar-refractivity contribution in [3.8, 4) is 56.2 Å². The van der Waals surface area contributed by atoms with Gasteiger partial charge in [-0.3, -0.25) is 0 Å². The molecule has 0 fully saturated rings. The van der Waals surface area contributed by atoms with Crippen molar-refractivity contribution < 1.29 is 0 Å². The number of hydrogen-bond acceptors (Lipinski definition) is 3. The van der Waals surface area contributed by atoms with Gasteiger partial charge in [-0.25, -0.2) is 4.98 Å². The van der Waals surface area contributed by atoms with Crippen molar-refractivity contribution in [2.75, 3.05) is 0 Å². The van der Waals surface area contributed by atoms with Crippen molar-refractivity contribution in [3.05, 3.63) is 173 Å². The molecule has 0 amide bonds. The van der Waals surface area contributed by atoms with Crippen LogP contribution in [0.2, 0.25) is 5.28 Å². The topological polar surface area (TPSA) is 38.7 Å². The van der Waals surface area contributed by atoms with Crippen molar-refractivity contribution in [1.82, 2.24) is 15.0 Å². The summed E-state index contributed by atoms with van der Waals surface area (Å²) >= 11 is 6.51. The first-order valence-corrected chi connectivity index (χ1v) is 15.1. The second-order valence-corrected chi connectivity index (χ2v) is 11.7. The van der Waals surface area contributed by atoms with Crippen molar-refractivity contribution in [3.63, 3.8) is 0 Å². The fourth-order valence-corrected chi connectivity index (χ4v) is 7.44. The van der Waals surface area contributed by atoms with E-state index in [0.29, 0.717) is 11.6 Å². The third-order valence-corrected chi connectivity index (χ3v) is 9.26. The molecule has 9 rings (SSSR count). The van der Waals surface area contributed by atoms with Gasteiger partial charge in [-0.05, 0) is 79.4 Å². The van der Waals surface area contributed by atoms with Crippen molar-refractivity contribution in [1.29, 1.82) is 0 Å². The Hall–Kier alpha value is -5.38. The molecule has 0 saturated heterocycles. The lowest BCUT2D eigenvalue weighted by Gasteiger charge is -2.31. The van der Waals surface area contributed by atoms with Gasteiger partial charge in [0.05, 0.1) is 5.41 Å². The van der Waals surface area contributed by atoms with Gasteiger partial charge in [0.2, 0.25) is 5.28 Å². The van der Waals surface area contributed by atoms with Crippen LogP contribution in [0.15, 0.2) is 146 Å². The molecule has 3 nitrogen and oxygen atoms in total. The van der Waals surface area contributed by atoms with Crippen LogP contribution in [0.4, 0.5) is 0 Å². The summed E-state index contributed by atoms with van der Waals surface area (Å²) in [4.78, 5) is 14.0. The lowest BCUT2D eigenvalue weighted by atomic mass is 9.70. The van der Waals surface area contributed by atoms with E-state index in [2.05, 4.69) is 125 Å². The Bertz CT molecular complexity index is 2200. The molecule has 6 aromatic carbocycles. The molecule has 44 heavy (non-hydrogen) atoms. The van der Waals surface area contributed by atoms with Crippen molar-refractivity contribution in [2.45, 2.75) is 5.41 Å². The summed E-state index contributed by atoms with van der Waals surface area (Å²) in [6.45, 7) is 0. The summed E-state index contributed by atoms with van der Waals surface area (Å²) < 4.78 is 0. The first-order chi connectivity index (χ1) is 21.7. The molecular weight excluding hydrogens is 558 g/mol. The Balaban J connectivity index is 1.33. The molecule has 4 heteroatoms. The maximum atomic E-state index is 6.51. The van der Waals surface area contributed by atoms with Crippen LogP contribution in [0.25, 0.3) is 56.2 Å². The molecule has 2 aliphatic rings. The van der Waals surface area contributed by atoms with Crippen LogP contribution in [-0.2, 0) is 5.41 Å². The van der Waals surface area contributed by atoms with Crippen LogP contribution in [0.3, 0.4) is 0 Å². The number of halogens is 1. The normalized spacial score (nSPS) is 13.3. The molecule has 1 aromatic heterocycles. The number of benzene rings is 6. The number of nitrogens with zero attached hydrogens (tertiary/aromatic N) is 3. The minimum absolute atomic E-state index is 0.177. The third-order valence-electron chi connectivity index (χ3n) is 9.10. The van der Waals surface area contributed by atoms with E-state index in [-0.39, 0.29) is 5.28 Å². The number of fused-ring (bicyclic) bond motifs is 10. The van der Waals surface area contributed by atoms with E-state index in [9.17, 15) is 0 Å². The lowest BCUT2D eigenvalue weighted by Crippen LogP contribution is -2.26. The molecule has 0 saturated carbocycles. The Labute approximate surface area is 260 Å². The number of hydrogen-bond donors (Lipinski definition) is 0. The maximum Gasteiger partial charge on any atom is 0.226 e. The van der Waals surface area contributed by atoms with E-state index in [4.69, 9.17) is 16.6 Å². The van der Waals surface area contributed by atoms with Crippen LogP contribution in [0.1, 0.15) is 22.3 Å². The fourth-order valence-electron chi connectivity index (χ4n) is 7.28. The van der Waals surface area contributed by atoms with Gasteiger partial charge in [-0.15, -0.1) is 0 Å². The molecule has 0 unspecified atom stereocenters. The zero-order chi connectivity index (χ0) is 29.3. The van der Waals surface area contributed by atoms with Crippen molar-refractivity contribution >= 4 is 11.6 Å². The quantitative estimate of drug-likeness (QED) is 0.208. The molecule has 0 aliphatic heterocycles. The smallest absolute Gasteiger partial charge is 0.208 e. The molecule has 0 atom stereocenters. The predicted octanol–water partition coefficient (Wildman–Crippen LogP) is 9.87. The standard InChI is InChI=1S/C40H24ClN3/c41-39-43-37(26-13-5-2-6-14-26)42-38(44-39)28-20-22-32-31-21-19-27(25-11-3-1-4-12-25)23-35(31)40(36(32)24-28)33-17-9-7-15-29(33)30-16-8-10-18-34(30)40/h1-24H. The SMILES string of the molecule is Clc1nc(-c2ccccc2)nc(-c2ccc3c(c2)C2(c4ccccc4-c4ccccc42)c2cc(-c4ccccc4)ccc2-3)n1. The van der Waals surface area contributed by atoms with Gasteiger partial charge in [0, 0.05) is 11.1 Å². The molecule has 0 bridgehead atoms. The Morgan fingerprint density at radius 1 is 0.364 bits per heavy atom. The monoisotopic (exact) mass is 581 g/mol. The van der Waals surface area contributed by atoms with Gasteiger partial charge in [-0.2, -0.15) is 9.97 Å². The summed E-state index contributed by atoms with van der Waals surface area (Å²) in [5.74, 6) is 1.12. The average molecular weight is 582 g/mol. The van der Waals surface area contributed by atoms with Gasteiger partial charge < -0.3 is 0 Å². The molecule has 1 heterocycles. The second kappa shape index (κ2) is 9.57. The molecule has 0 N–H and O–H groups in total. The number of aromatic nitrogens is 3. The minimum Gasteiger partial charge on any atom is -0.208 e. The highest BCUT2D eigenvalue weighted by molar-refractivity contribution is 6.28. The minimum atomic E-state index is -0.488. The summed E-state index contributed by atoms with van der Waals surface area (Å²) in [6.07, 6.45) is 0. The van der Waals surface area contributed by atoms with Crippen molar-refractivity contribution in [2.24, 2.45) is 0 Å². The highest BCUT2D eigenvalue weighted by Gasteiger charge is 2.51. The molecular formula is C40H24ClN3. The zero-order valence-corrected chi connectivity index (χ0v) is 24.3. The Kier molecular flexibility index (Phi) is 5.47. The largest absolute Gasteiger partial charge is 0.226 e. The highest BCUT2D eigenvalue weighted by Crippen LogP contribution is 2.63. The van der Waals surface area contributed by atoms with E-state index in [1.54, 1.807) is 0 Å². The molecule has 2 aliphatic carbocycles. The number of rotatable bonds is 3. The Morgan fingerprint density at radius 3 is 1.43 bits per heavy atom. The van der Waals surface area contributed by atoms with Gasteiger partial charge in [0.15, 0.2) is 11.6 Å². The average Bonchev–Trinajstić information content (AvgIpc) is 3.55. The molecule has 7 aromatic rings. The van der Waals surface area contributed by atoms with Crippen LogP contribution in [-0.4, -0.2) is 15.0 Å². The molecule has 1 spiro atoms. The highest BCUT2D eigenvalue weighted by atomic mass is 35.5. The summed E-state index contributed by atoms with van der Waals surface area (Å²) in [6, 6.07) is 51.8. The van der Waals surface area contributed by atoms with Gasteiger partial charge in [0.25, 0.3) is 0 Å². The predicted molar refractivity (Wildman–Crippen MR) is 177 cm³/mol. The summed E-state index contributed by atoms with van der Waals surface area (Å²) in [5.41, 5.74) is 13.8. The van der Waals surface area contributed by atoms with Crippen LogP contribution in [0, 0.1) is 0 Å². The molecule has 206 valence electrons. The summed E-state index contributed by atoms with van der Waals surface area (Å²) in [7, 11) is 0. The van der Waals surface area contributed by atoms with E-state index < -0.39 is 5.41 Å². The van der Waals surface area contributed by atoms with Gasteiger partial charge >= 0.3 is 0 Å². The van der Waals surface area contributed by atoms with Crippen LogP contribution < -0.4 is 0 Å². The fraction of sp³-hybridized carbons (Fsp3) is 0.0250. The zero-order valence-electron chi connectivity index (χ0n) is 23.6. The van der Waals surface area contributed by atoms with Gasteiger partial charge in [-0.1, -0.05) is 133 Å². The van der Waals surface area contributed by atoms with E-state index in [0.717, 1.165) is 11.1 Å². The van der Waals surface area contributed by atoms with E-state index in [1.807, 2.05) is 30.3 Å². The van der Waals surface area contributed by atoms with Crippen LogP contribution in [0.5, 0.6) is 0 Å². The molecule has 0 radical (unpaired) electrons. The second-order valence-electron chi connectivity index (χ2n) is 11.3. The maximum absolute atomic E-state index is 6.51. The van der Waals surface area contributed by atoms with Gasteiger partial charge in [0.1, 0.15) is 0 Å². The van der Waals surface area contributed by atoms with E-state index >= 15 is 0 Å². The first kappa shape index (κ1) is 25.1. The van der Waals surface area contributed by atoms with Crippen LogP contribution >= 0.6 is 11.6 Å².